The van der Waals surface area contributed by atoms with Crippen molar-refractivity contribution in [3.8, 4) is 22.4 Å². The number of rotatable bonds is 2. The molecule has 0 aliphatic rings. The van der Waals surface area contributed by atoms with Crippen molar-refractivity contribution >= 4 is 5.52 Å². The fraction of sp³-hybridized carbons (Fsp3) is 0. The summed E-state index contributed by atoms with van der Waals surface area (Å²) in [6.07, 6.45) is 4.98. The van der Waals surface area contributed by atoms with Gasteiger partial charge in [-0.2, -0.15) is 5.10 Å². The second kappa shape index (κ2) is 5.28. The number of aromatic nitrogens is 3. The van der Waals surface area contributed by atoms with Gasteiger partial charge in [0.05, 0.1) is 0 Å². The van der Waals surface area contributed by atoms with Crippen LogP contribution in [0.2, 0.25) is 0 Å². The summed E-state index contributed by atoms with van der Waals surface area (Å²) in [7, 11) is 0. The Bertz CT molecular complexity index is 977. The molecule has 0 unspecified atom stereocenters. The fourth-order valence-electron chi connectivity index (χ4n) is 2.66. The minimum Gasteiger partial charge on any atom is -0.265 e. The Morgan fingerprint density at radius 3 is 2.30 bits per heavy atom. The highest BCUT2D eigenvalue weighted by Gasteiger charge is 2.19. The molecule has 112 valence electrons. The van der Waals surface area contributed by atoms with Crippen LogP contribution >= 0.6 is 0 Å². The Kier molecular flexibility index (Phi) is 3.12. The highest BCUT2D eigenvalue weighted by molar-refractivity contribution is 5.92. The number of benzene rings is 1. The lowest BCUT2D eigenvalue weighted by atomic mass is 10.0. The molecule has 0 aliphatic carbocycles. The van der Waals surface area contributed by atoms with Crippen molar-refractivity contribution in [1.82, 2.24) is 14.6 Å². The summed E-state index contributed by atoms with van der Waals surface area (Å²) in [6, 6.07) is 12.6. The lowest BCUT2D eigenvalue weighted by Gasteiger charge is -2.04. The summed E-state index contributed by atoms with van der Waals surface area (Å²) in [5.41, 5.74) is 3.18. The zero-order chi connectivity index (χ0) is 15.8. The maximum absolute atomic E-state index is 14.4. The van der Waals surface area contributed by atoms with Gasteiger partial charge in [-0.25, -0.2) is 13.3 Å². The van der Waals surface area contributed by atoms with E-state index in [0.29, 0.717) is 16.8 Å². The molecule has 4 rings (SSSR count). The second-order valence-corrected chi connectivity index (χ2v) is 5.12. The van der Waals surface area contributed by atoms with Gasteiger partial charge in [0.1, 0.15) is 22.8 Å². The first-order chi connectivity index (χ1) is 11.2. The highest BCUT2D eigenvalue weighted by Crippen LogP contribution is 2.35. The van der Waals surface area contributed by atoms with Crippen molar-refractivity contribution in [2.45, 2.75) is 0 Å². The van der Waals surface area contributed by atoms with Crippen LogP contribution in [-0.2, 0) is 0 Å². The molecule has 3 heterocycles. The molecule has 3 aromatic heterocycles. The summed E-state index contributed by atoms with van der Waals surface area (Å²) in [6.45, 7) is 0. The van der Waals surface area contributed by atoms with E-state index in [1.54, 1.807) is 48.9 Å². The van der Waals surface area contributed by atoms with Crippen LogP contribution in [0.5, 0.6) is 0 Å². The lowest BCUT2D eigenvalue weighted by molar-refractivity contribution is 0.628. The molecule has 0 fully saturated rings. The third kappa shape index (κ3) is 2.26. The smallest absolute Gasteiger partial charge is 0.149 e. The van der Waals surface area contributed by atoms with Crippen molar-refractivity contribution < 1.29 is 8.78 Å². The van der Waals surface area contributed by atoms with Crippen molar-refractivity contribution in [3.63, 3.8) is 0 Å². The topological polar surface area (TPSA) is 30.2 Å². The molecule has 5 heteroatoms. The molecule has 0 amide bonds. The standard InChI is InChI=1S/C18H11F2N3/c19-14-5-3-13(4-6-14)17-16(12-7-9-21-10-8-12)18-15(20)2-1-11-23(18)22-17/h1-11H. The van der Waals surface area contributed by atoms with Crippen LogP contribution in [0.15, 0.2) is 67.1 Å². The predicted octanol–water partition coefficient (Wildman–Crippen LogP) is 4.34. The quantitative estimate of drug-likeness (QED) is 0.551. The largest absolute Gasteiger partial charge is 0.265 e. The third-order valence-electron chi connectivity index (χ3n) is 3.69. The highest BCUT2D eigenvalue weighted by atomic mass is 19.1. The van der Waals surface area contributed by atoms with Crippen LogP contribution in [0.25, 0.3) is 27.9 Å². The Hall–Kier alpha value is -3.08. The molecule has 23 heavy (non-hydrogen) atoms. The van der Waals surface area contributed by atoms with Crippen molar-refractivity contribution in [3.05, 3.63) is 78.8 Å². The van der Waals surface area contributed by atoms with Gasteiger partial charge in [-0.15, -0.1) is 0 Å². The zero-order valence-electron chi connectivity index (χ0n) is 11.9. The van der Waals surface area contributed by atoms with Crippen molar-refractivity contribution in [2.24, 2.45) is 0 Å². The molecule has 0 N–H and O–H groups in total. The van der Waals surface area contributed by atoms with Gasteiger partial charge in [0.2, 0.25) is 0 Å². The summed E-state index contributed by atoms with van der Waals surface area (Å²) in [5, 5.41) is 4.48. The Balaban J connectivity index is 2.08. The van der Waals surface area contributed by atoms with E-state index in [9.17, 15) is 8.78 Å². The van der Waals surface area contributed by atoms with Gasteiger partial charge in [0.15, 0.2) is 0 Å². The molecular weight excluding hydrogens is 296 g/mol. The SMILES string of the molecule is Fc1ccc(-c2nn3cccc(F)c3c2-c2ccncc2)cc1. The number of hydrogen-bond donors (Lipinski definition) is 0. The van der Waals surface area contributed by atoms with E-state index < -0.39 is 0 Å². The van der Waals surface area contributed by atoms with Gasteiger partial charge >= 0.3 is 0 Å². The van der Waals surface area contributed by atoms with Gasteiger partial charge in [-0.3, -0.25) is 4.98 Å². The molecule has 0 bridgehead atoms. The van der Waals surface area contributed by atoms with Gasteiger partial charge in [-0.05, 0) is 54.1 Å². The molecule has 0 saturated carbocycles. The van der Waals surface area contributed by atoms with Crippen LogP contribution in [0.3, 0.4) is 0 Å². The van der Waals surface area contributed by atoms with E-state index in [1.165, 1.54) is 22.7 Å². The number of pyridine rings is 2. The van der Waals surface area contributed by atoms with E-state index in [2.05, 4.69) is 10.1 Å². The second-order valence-electron chi connectivity index (χ2n) is 5.12. The maximum Gasteiger partial charge on any atom is 0.149 e. The van der Waals surface area contributed by atoms with Gasteiger partial charge in [-0.1, -0.05) is 0 Å². The number of nitrogens with zero attached hydrogens (tertiary/aromatic N) is 3. The molecule has 0 spiro atoms. The first-order valence-corrected chi connectivity index (χ1v) is 7.07. The lowest BCUT2D eigenvalue weighted by Crippen LogP contribution is -1.88. The van der Waals surface area contributed by atoms with E-state index in [4.69, 9.17) is 0 Å². The molecule has 0 aliphatic heterocycles. The Morgan fingerprint density at radius 1 is 0.826 bits per heavy atom. The average molecular weight is 307 g/mol. The number of fused-ring (bicyclic) bond motifs is 1. The van der Waals surface area contributed by atoms with E-state index in [1.807, 2.05) is 0 Å². The fourth-order valence-corrected chi connectivity index (χ4v) is 2.66. The van der Waals surface area contributed by atoms with Crippen molar-refractivity contribution in [2.75, 3.05) is 0 Å². The van der Waals surface area contributed by atoms with E-state index in [-0.39, 0.29) is 11.6 Å². The third-order valence-corrected chi connectivity index (χ3v) is 3.69. The van der Waals surface area contributed by atoms with Gasteiger partial charge in [0, 0.05) is 29.7 Å². The first kappa shape index (κ1) is 13.6. The number of hydrogen-bond acceptors (Lipinski definition) is 2. The first-order valence-electron chi connectivity index (χ1n) is 7.07. The van der Waals surface area contributed by atoms with Crippen LogP contribution < -0.4 is 0 Å². The summed E-state index contributed by atoms with van der Waals surface area (Å²) < 4.78 is 29.1. The van der Waals surface area contributed by atoms with Gasteiger partial charge < -0.3 is 0 Å². The molecular formula is C18H11F2N3. The monoisotopic (exact) mass is 307 g/mol. The van der Waals surface area contributed by atoms with Crippen molar-refractivity contribution in [1.29, 1.82) is 0 Å². The minimum atomic E-state index is -0.361. The van der Waals surface area contributed by atoms with E-state index in [0.717, 1.165) is 11.1 Å². The van der Waals surface area contributed by atoms with E-state index >= 15 is 0 Å². The Morgan fingerprint density at radius 2 is 1.57 bits per heavy atom. The van der Waals surface area contributed by atoms with Crippen LogP contribution in [0.1, 0.15) is 0 Å². The summed E-state index contributed by atoms with van der Waals surface area (Å²) in [5.74, 6) is -0.686. The van der Waals surface area contributed by atoms with Crippen LogP contribution in [0, 0.1) is 11.6 Å². The number of halogens is 2. The molecule has 3 nitrogen and oxygen atoms in total. The molecule has 1 aromatic carbocycles. The maximum atomic E-state index is 14.4. The van der Waals surface area contributed by atoms with Crippen LogP contribution in [-0.4, -0.2) is 14.6 Å². The van der Waals surface area contributed by atoms with Crippen LogP contribution in [0.4, 0.5) is 8.78 Å². The molecule has 0 atom stereocenters. The molecule has 0 saturated heterocycles. The molecule has 4 aromatic rings. The predicted molar refractivity (Wildman–Crippen MR) is 83.8 cm³/mol. The molecule has 0 radical (unpaired) electrons. The normalized spacial score (nSPS) is 11.0. The Labute approximate surface area is 130 Å². The minimum absolute atomic E-state index is 0.325. The summed E-state index contributed by atoms with van der Waals surface area (Å²) >= 11 is 0. The summed E-state index contributed by atoms with van der Waals surface area (Å²) in [4.78, 5) is 4.00. The zero-order valence-corrected chi connectivity index (χ0v) is 11.9. The average Bonchev–Trinajstić information content (AvgIpc) is 2.97. The van der Waals surface area contributed by atoms with Gasteiger partial charge in [0.25, 0.3) is 0 Å².